The average Bonchev–Trinajstić information content (AvgIpc) is 2.53. The molecule has 22 heavy (non-hydrogen) atoms. The highest BCUT2D eigenvalue weighted by Gasteiger charge is 2.26. The van der Waals surface area contributed by atoms with Crippen molar-refractivity contribution in [1.82, 2.24) is 0 Å². The van der Waals surface area contributed by atoms with Gasteiger partial charge in [-0.1, -0.05) is 15.9 Å². The summed E-state index contributed by atoms with van der Waals surface area (Å²) in [6.45, 7) is 0.705. The van der Waals surface area contributed by atoms with Crippen LogP contribution in [0.2, 0.25) is 0 Å². The monoisotopic (exact) mass is 362 g/mol. The lowest BCUT2D eigenvalue weighted by Crippen LogP contribution is -2.38. The summed E-state index contributed by atoms with van der Waals surface area (Å²) in [5.74, 6) is 0.264. The maximum Gasteiger partial charge on any atom is 0.271 e. The van der Waals surface area contributed by atoms with E-state index in [0.29, 0.717) is 30.2 Å². The van der Waals surface area contributed by atoms with Gasteiger partial charge in [-0.05, 0) is 30.3 Å². The van der Waals surface area contributed by atoms with Crippen molar-refractivity contribution in [1.29, 1.82) is 0 Å². The summed E-state index contributed by atoms with van der Waals surface area (Å²) < 4.78 is 6.35. The summed E-state index contributed by atoms with van der Waals surface area (Å²) in [5, 5.41) is 10.9. The van der Waals surface area contributed by atoms with Crippen LogP contribution in [0.4, 0.5) is 11.4 Å². The Labute approximate surface area is 134 Å². The highest BCUT2D eigenvalue weighted by atomic mass is 79.9. The molecule has 0 aromatic heterocycles. The van der Waals surface area contributed by atoms with E-state index in [4.69, 9.17) is 4.74 Å². The van der Waals surface area contributed by atoms with E-state index < -0.39 is 4.92 Å². The predicted octanol–water partition coefficient (Wildman–Crippen LogP) is 3.40. The average molecular weight is 363 g/mol. The Bertz CT molecular complexity index is 746. The molecule has 0 N–H and O–H groups in total. The van der Waals surface area contributed by atoms with Crippen molar-refractivity contribution in [3.05, 3.63) is 62.6 Å². The molecule has 1 aliphatic rings. The number of ether oxygens (including phenoxy) is 1. The topological polar surface area (TPSA) is 72.7 Å². The third-order valence-corrected chi connectivity index (χ3v) is 3.88. The first-order chi connectivity index (χ1) is 10.6. The molecule has 7 heteroatoms. The number of hydrogen-bond donors (Lipinski definition) is 0. The van der Waals surface area contributed by atoms with Crippen LogP contribution in [0.1, 0.15) is 10.4 Å². The predicted molar refractivity (Wildman–Crippen MR) is 84.4 cm³/mol. The van der Waals surface area contributed by atoms with Crippen LogP contribution in [0.15, 0.2) is 46.9 Å². The minimum atomic E-state index is -0.489. The molecule has 0 bridgehead atoms. The first kappa shape index (κ1) is 14.5. The van der Waals surface area contributed by atoms with E-state index in [1.807, 2.05) is 0 Å². The molecule has 1 heterocycles. The number of carbonyl (C=O) groups excluding carboxylic acids is 1. The molecule has 0 saturated heterocycles. The van der Waals surface area contributed by atoms with Gasteiger partial charge in [-0.2, -0.15) is 0 Å². The van der Waals surface area contributed by atoms with Crippen molar-refractivity contribution in [2.24, 2.45) is 0 Å². The molecule has 0 atom stereocenters. The van der Waals surface area contributed by atoms with Crippen LogP contribution in [0.3, 0.4) is 0 Å². The summed E-state index contributed by atoms with van der Waals surface area (Å²) in [7, 11) is 0. The van der Waals surface area contributed by atoms with Crippen LogP contribution in [0.5, 0.6) is 5.75 Å². The fourth-order valence-corrected chi connectivity index (χ4v) is 2.54. The van der Waals surface area contributed by atoms with Crippen molar-refractivity contribution in [2.45, 2.75) is 0 Å². The van der Waals surface area contributed by atoms with Gasteiger partial charge < -0.3 is 9.64 Å². The van der Waals surface area contributed by atoms with Crippen LogP contribution in [0, 0.1) is 10.1 Å². The van der Waals surface area contributed by atoms with E-state index in [-0.39, 0.29) is 11.6 Å². The van der Waals surface area contributed by atoms with Gasteiger partial charge in [0.15, 0.2) is 0 Å². The van der Waals surface area contributed by atoms with Crippen LogP contribution in [-0.4, -0.2) is 24.0 Å². The molecule has 0 spiro atoms. The molecular formula is C15H11BrN2O4. The van der Waals surface area contributed by atoms with Crippen molar-refractivity contribution in [3.8, 4) is 5.75 Å². The second-order valence-electron chi connectivity index (χ2n) is 4.72. The Morgan fingerprint density at radius 3 is 2.64 bits per heavy atom. The van der Waals surface area contributed by atoms with Gasteiger partial charge in [-0.25, -0.2) is 0 Å². The molecule has 1 aliphatic heterocycles. The SMILES string of the molecule is O=C(c1ccc(Br)cc1)N1CCOc2ccc([N+](=O)[O-])cc21. The summed E-state index contributed by atoms with van der Waals surface area (Å²) in [6.07, 6.45) is 0. The number of nitro benzene ring substituents is 1. The number of nitrogens with zero attached hydrogens (tertiary/aromatic N) is 2. The number of amides is 1. The second kappa shape index (κ2) is 5.76. The summed E-state index contributed by atoms with van der Waals surface area (Å²) >= 11 is 3.32. The van der Waals surface area contributed by atoms with Crippen molar-refractivity contribution in [2.75, 3.05) is 18.1 Å². The second-order valence-corrected chi connectivity index (χ2v) is 5.64. The lowest BCUT2D eigenvalue weighted by molar-refractivity contribution is -0.384. The van der Waals surface area contributed by atoms with E-state index >= 15 is 0 Å². The molecular weight excluding hydrogens is 352 g/mol. The number of rotatable bonds is 2. The molecule has 3 rings (SSSR count). The van der Waals surface area contributed by atoms with Gasteiger partial charge in [0.2, 0.25) is 0 Å². The highest BCUT2D eigenvalue weighted by molar-refractivity contribution is 9.10. The number of benzene rings is 2. The molecule has 1 amide bonds. The van der Waals surface area contributed by atoms with Crippen molar-refractivity contribution >= 4 is 33.2 Å². The fourth-order valence-electron chi connectivity index (χ4n) is 2.28. The van der Waals surface area contributed by atoms with Crippen LogP contribution in [-0.2, 0) is 0 Å². The van der Waals surface area contributed by atoms with E-state index in [1.165, 1.54) is 23.1 Å². The van der Waals surface area contributed by atoms with Gasteiger partial charge in [0.05, 0.1) is 17.2 Å². The molecule has 6 nitrogen and oxygen atoms in total. The number of fused-ring (bicyclic) bond motifs is 1. The third-order valence-electron chi connectivity index (χ3n) is 3.35. The maximum atomic E-state index is 12.6. The van der Waals surface area contributed by atoms with Gasteiger partial charge in [-0.15, -0.1) is 0 Å². The summed E-state index contributed by atoms with van der Waals surface area (Å²) in [5.41, 5.74) is 0.869. The maximum absolute atomic E-state index is 12.6. The Balaban J connectivity index is 1.99. The van der Waals surface area contributed by atoms with Crippen LogP contribution >= 0.6 is 15.9 Å². The lowest BCUT2D eigenvalue weighted by Gasteiger charge is -2.29. The summed E-state index contributed by atoms with van der Waals surface area (Å²) in [6, 6.07) is 11.2. The van der Waals surface area contributed by atoms with E-state index in [0.717, 1.165) is 4.47 Å². The Morgan fingerprint density at radius 1 is 1.23 bits per heavy atom. The Kier molecular flexibility index (Phi) is 3.81. The zero-order chi connectivity index (χ0) is 15.7. The number of nitro groups is 1. The number of halogens is 1. The van der Waals surface area contributed by atoms with Gasteiger partial charge in [-0.3, -0.25) is 14.9 Å². The highest BCUT2D eigenvalue weighted by Crippen LogP contribution is 2.35. The van der Waals surface area contributed by atoms with Crippen LogP contribution in [0.25, 0.3) is 0 Å². The summed E-state index contributed by atoms with van der Waals surface area (Å²) in [4.78, 5) is 24.6. The van der Waals surface area contributed by atoms with Crippen molar-refractivity contribution in [3.63, 3.8) is 0 Å². The zero-order valence-electron chi connectivity index (χ0n) is 11.4. The standard InChI is InChI=1S/C15H11BrN2O4/c16-11-3-1-10(2-4-11)15(19)17-7-8-22-14-6-5-12(18(20)21)9-13(14)17/h1-6,9H,7-8H2. The smallest absolute Gasteiger partial charge is 0.271 e. The quantitative estimate of drug-likeness (QED) is 0.606. The number of carbonyl (C=O) groups is 1. The van der Waals surface area contributed by atoms with Crippen LogP contribution < -0.4 is 9.64 Å². The number of hydrogen-bond acceptors (Lipinski definition) is 4. The van der Waals surface area contributed by atoms with Gasteiger partial charge >= 0.3 is 0 Å². The van der Waals surface area contributed by atoms with E-state index in [1.54, 1.807) is 24.3 Å². The normalized spacial score (nSPS) is 13.2. The van der Waals surface area contributed by atoms with Gasteiger partial charge in [0.1, 0.15) is 12.4 Å². The lowest BCUT2D eigenvalue weighted by atomic mass is 10.1. The zero-order valence-corrected chi connectivity index (χ0v) is 12.9. The van der Waals surface area contributed by atoms with E-state index in [2.05, 4.69) is 15.9 Å². The van der Waals surface area contributed by atoms with E-state index in [9.17, 15) is 14.9 Å². The molecule has 0 unspecified atom stereocenters. The molecule has 0 radical (unpaired) electrons. The largest absolute Gasteiger partial charge is 0.490 e. The van der Waals surface area contributed by atoms with Gasteiger partial charge in [0.25, 0.3) is 11.6 Å². The Morgan fingerprint density at radius 2 is 1.95 bits per heavy atom. The minimum absolute atomic E-state index is 0.0714. The first-order valence-corrected chi connectivity index (χ1v) is 7.34. The molecule has 2 aromatic carbocycles. The minimum Gasteiger partial charge on any atom is -0.490 e. The molecule has 112 valence electrons. The number of non-ortho nitro benzene ring substituents is 1. The van der Waals surface area contributed by atoms with Gasteiger partial charge in [0, 0.05) is 22.2 Å². The third kappa shape index (κ3) is 2.67. The Hall–Kier alpha value is -2.41. The molecule has 0 aliphatic carbocycles. The molecule has 0 saturated carbocycles. The van der Waals surface area contributed by atoms with Crippen molar-refractivity contribution < 1.29 is 14.5 Å². The first-order valence-electron chi connectivity index (χ1n) is 6.55. The fraction of sp³-hybridized carbons (Fsp3) is 0.133. The molecule has 0 fully saturated rings. The number of anilines is 1. The molecule has 2 aromatic rings.